The lowest BCUT2D eigenvalue weighted by Gasteiger charge is -2.29. The van der Waals surface area contributed by atoms with E-state index >= 15 is 0 Å². The second kappa shape index (κ2) is 6.60. The molecule has 140 valence electrons. The smallest absolute Gasteiger partial charge is 0.256 e. The van der Waals surface area contributed by atoms with Gasteiger partial charge >= 0.3 is 0 Å². The molecule has 2 aliphatic heterocycles. The standard InChI is InChI=1S/C21H22N2O3S/c1-21(2)17(18(24)22-12-13-8-4-7-11-16(13)26-3)23-19(25)14-9-5-6-10-15(14)20(23)27-21/h4-11,17,20H,12H2,1-3H3,(H,22,24). The molecular weight excluding hydrogens is 360 g/mol. The summed E-state index contributed by atoms with van der Waals surface area (Å²) in [6.45, 7) is 4.41. The summed E-state index contributed by atoms with van der Waals surface area (Å²) in [6.07, 6.45) is 0. The van der Waals surface area contributed by atoms with Gasteiger partial charge in [0.05, 0.1) is 7.11 Å². The van der Waals surface area contributed by atoms with Crippen molar-refractivity contribution in [3.05, 3.63) is 65.2 Å². The van der Waals surface area contributed by atoms with Crippen LogP contribution in [0.25, 0.3) is 0 Å². The number of carbonyl (C=O) groups excluding carboxylic acids is 2. The highest BCUT2D eigenvalue weighted by Crippen LogP contribution is 2.56. The maximum atomic E-state index is 13.1. The van der Waals surface area contributed by atoms with E-state index in [0.717, 1.165) is 16.9 Å². The number of methoxy groups -OCH3 is 1. The van der Waals surface area contributed by atoms with Gasteiger partial charge in [-0.1, -0.05) is 36.4 Å². The maximum absolute atomic E-state index is 13.1. The number of ether oxygens (including phenoxy) is 1. The summed E-state index contributed by atoms with van der Waals surface area (Å²) < 4.78 is 4.98. The summed E-state index contributed by atoms with van der Waals surface area (Å²) in [6, 6.07) is 14.7. The SMILES string of the molecule is COc1ccccc1CNC(=O)C1N2C(=O)c3ccccc3C2SC1(C)C. The monoisotopic (exact) mass is 382 g/mol. The van der Waals surface area contributed by atoms with E-state index in [2.05, 4.69) is 5.32 Å². The molecule has 1 saturated heterocycles. The first-order valence-electron chi connectivity index (χ1n) is 8.93. The Hall–Kier alpha value is -2.47. The van der Waals surface area contributed by atoms with Crippen molar-refractivity contribution in [2.75, 3.05) is 7.11 Å². The molecule has 0 aliphatic carbocycles. The molecule has 2 aliphatic rings. The number of hydrogen-bond acceptors (Lipinski definition) is 4. The predicted octanol–water partition coefficient (Wildman–Crippen LogP) is 3.36. The van der Waals surface area contributed by atoms with Crippen LogP contribution in [-0.4, -0.2) is 34.6 Å². The number of thioether (sulfide) groups is 1. The molecule has 27 heavy (non-hydrogen) atoms. The van der Waals surface area contributed by atoms with Crippen LogP contribution in [0.3, 0.4) is 0 Å². The Labute approximate surface area is 163 Å². The zero-order chi connectivity index (χ0) is 19.2. The van der Waals surface area contributed by atoms with Crippen LogP contribution in [0.2, 0.25) is 0 Å². The second-order valence-corrected chi connectivity index (χ2v) is 9.04. The van der Waals surface area contributed by atoms with Gasteiger partial charge in [-0.25, -0.2) is 0 Å². The average Bonchev–Trinajstić information content (AvgIpc) is 3.10. The number of amides is 2. The van der Waals surface area contributed by atoms with Gasteiger partial charge in [-0.05, 0) is 31.5 Å². The molecule has 1 fully saturated rings. The molecule has 0 spiro atoms. The van der Waals surface area contributed by atoms with Crippen molar-refractivity contribution in [2.24, 2.45) is 0 Å². The minimum absolute atomic E-state index is 0.0638. The van der Waals surface area contributed by atoms with Gasteiger partial charge in [0.1, 0.15) is 17.2 Å². The van der Waals surface area contributed by atoms with Gasteiger partial charge in [0, 0.05) is 22.4 Å². The molecule has 2 unspecified atom stereocenters. The minimum Gasteiger partial charge on any atom is -0.496 e. The van der Waals surface area contributed by atoms with Crippen LogP contribution in [0.1, 0.15) is 40.7 Å². The molecule has 6 heteroatoms. The normalized spacial score (nSPS) is 22.3. The molecule has 2 aromatic rings. The van der Waals surface area contributed by atoms with E-state index < -0.39 is 6.04 Å². The summed E-state index contributed by atoms with van der Waals surface area (Å²) >= 11 is 1.67. The zero-order valence-corrected chi connectivity index (χ0v) is 16.4. The fourth-order valence-corrected chi connectivity index (χ4v) is 5.52. The van der Waals surface area contributed by atoms with E-state index in [1.165, 1.54) is 0 Å². The number of fused-ring (bicyclic) bond motifs is 3. The van der Waals surface area contributed by atoms with E-state index in [1.807, 2.05) is 62.4 Å². The topological polar surface area (TPSA) is 58.6 Å². The number of benzene rings is 2. The predicted molar refractivity (Wildman–Crippen MR) is 106 cm³/mol. The van der Waals surface area contributed by atoms with Crippen LogP contribution in [-0.2, 0) is 11.3 Å². The molecule has 4 rings (SSSR count). The Morgan fingerprint density at radius 2 is 1.89 bits per heavy atom. The first-order valence-corrected chi connectivity index (χ1v) is 9.81. The van der Waals surface area contributed by atoms with Crippen molar-refractivity contribution in [3.63, 3.8) is 0 Å². The van der Waals surface area contributed by atoms with Gasteiger partial charge in [-0.3, -0.25) is 9.59 Å². The lowest BCUT2D eigenvalue weighted by atomic mass is 10.0. The van der Waals surface area contributed by atoms with Crippen molar-refractivity contribution < 1.29 is 14.3 Å². The highest BCUT2D eigenvalue weighted by molar-refractivity contribution is 8.01. The third kappa shape index (κ3) is 2.88. The number of hydrogen-bond donors (Lipinski definition) is 1. The molecular formula is C21H22N2O3S. The molecule has 2 aromatic carbocycles. The quantitative estimate of drug-likeness (QED) is 0.881. The minimum atomic E-state index is -0.526. The van der Waals surface area contributed by atoms with Gasteiger partial charge in [0.15, 0.2) is 0 Å². The molecule has 5 nitrogen and oxygen atoms in total. The molecule has 0 bridgehead atoms. The van der Waals surface area contributed by atoms with Gasteiger partial charge in [-0.2, -0.15) is 0 Å². The van der Waals surface area contributed by atoms with E-state index in [0.29, 0.717) is 12.1 Å². The van der Waals surface area contributed by atoms with Gasteiger partial charge in [0.2, 0.25) is 5.91 Å². The molecule has 0 radical (unpaired) electrons. The van der Waals surface area contributed by atoms with Crippen molar-refractivity contribution in [1.29, 1.82) is 0 Å². The van der Waals surface area contributed by atoms with Crippen molar-refractivity contribution in [2.45, 2.75) is 36.6 Å². The van der Waals surface area contributed by atoms with E-state index in [1.54, 1.807) is 23.8 Å². The second-order valence-electron chi connectivity index (χ2n) is 7.31. The Morgan fingerprint density at radius 3 is 2.67 bits per heavy atom. The summed E-state index contributed by atoms with van der Waals surface area (Å²) in [5.74, 6) is 0.536. The Bertz CT molecular complexity index is 912. The van der Waals surface area contributed by atoms with Gasteiger partial charge in [-0.15, -0.1) is 11.8 Å². The van der Waals surface area contributed by atoms with Crippen LogP contribution in [0, 0.1) is 0 Å². The lowest BCUT2D eigenvalue weighted by Crippen LogP contribution is -2.52. The van der Waals surface area contributed by atoms with Crippen molar-refractivity contribution in [3.8, 4) is 5.75 Å². The van der Waals surface area contributed by atoms with E-state index in [9.17, 15) is 9.59 Å². The maximum Gasteiger partial charge on any atom is 0.256 e. The van der Waals surface area contributed by atoms with Crippen LogP contribution in [0.15, 0.2) is 48.5 Å². The number of carbonyl (C=O) groups is 2. The molecule has 2 heterocycles. The van der Waals surface area contributed by atoms with Crippen LogP contribution in [0.5, 0.6) is 5.75 Å². The third-order valence-corrected chi connectivity index (χ3v) is 6.73. The highest BCUT2D eigenvalue weighted by atomic mass is 32.2. The third-order valence-electron chi connectivity index (χ3n) is 5.19. The first-order chi connectivity index (χ1) is 12.9. The molecule has 0 aromatic heterocycles. The van der Waals surface area contributed by atoms with Crippen molar-refractivity contribution in [1.82, 2.24) is 10.2 Å². The van der Waals surface area contributed by atoms with Crippen LogP contribution >= 0.6 is 11.8 Å². The van der Waals surface area contributed by atoms with Crippen LogP contribution in [0.4, 0.5) is 0 Å². The summed E-state index contributed by atoms with van der Waals surface area (Å²) in [5.41, 5.74) is 2.61. The van der Waals surface area contributed by atoms with E-state index in [-0.39, 0.29) is 21.9 Å². The van der Waals surface area contributed by atoms with Gasteiger partial charge < -0.3 is 15.0 Å². The number of nitrogens with one attached hydrogen (secondary N) is 1. The number of rotatable bonds is 4. The Balaban J connectivity index is 1.58. The first kappa shape index (κ1) is 17.9. The Morgan fingerprint density at radius 1 is 1.19 bits per heavy atom. The zero-order valence-electron chi connectivity index (χ0n) is 15.6. The van der Waals surface area contributed by atoms with Crippen molar-refractivity contribution >= 4 is 23.6 Å². The number of nitrogens with zero attached hydrogens (tertiary/aromatic N) is 1. The molecule has 1 N–H and O–H groups in total. The van der Waals surface area contributed by atoms with Gasteiger partial charge in [0.25, 0.3) is 5.91 Å². The molecule has 2 atom stereocenters. The summed E-state index contributed by atoms with van der Waals surface area (Å²) in [7, 11) is 1.61. The fourth-order valence-electron chi connectivity index (χ4n) is 3.93. The molecule has 2 amide bonds. The summed E-state index contributed by atoms with van der Waals surface area (Å²) in [5, 5.41) is 2.90. The van der Waals surface area contributed by atoms with E-state index in [4.69, 9.17) is 4.74 Å². The largest absolute Gasteiger partial charge is 0.496 e. The average molecular weight is 382 g/mol. The Kier molecular flexibility index (Phi) is 4.38. The van der Waals surface area contributed by atoms with Crippen LogP contribution < -0.4 is 10.1 Å². The molecule has 0 saturated carbocycles. The fraction of sp³-hybridized carbons (Fsp3) is 0.333. The lowest BCUT2D eigenvalue weighted by molar-refractivity contribution is -0.126. The highest BCUT2D eigenvalue weighted by Gasteiger charge is 2.57. The summed E-state index contributed by atoms with van der Waals surface area (Å²) in [4.78, 5) is 27.8. The number of para-hydroxylation sites is 1.